The third-order valence-corrected chi connectivity index (χ3v) is 2.95. The van der Waals surface area contributed by atoms with Gasteiger partial charge in [-0.2, -0.15) is 10.2 Å². The molecule has 0 aromatic carbocycles. The normalized spacial score (nSPS) is 12.9. The minimum Gasteiger partial charge on any atom is -0.324 e. The maximum Gasteiger partial charge on any atom is 0.0641 e. The van der Waals surface area contributed by atoms with Gasteiger partial charge in [-0.25, -0.2) is 0 Å². The largest absolute Gasteiger partial charge is 0.324 e. The fraction of sp³-hybridized carbons (Fsp3) is 0.500. The van der Waals surface area contributed by atoms with Crippen LogP contribution in [0.15, 0.2) is 18.6 Å². The van der Waals surface area contributed by atoms with Crippen LogP contribution >= 0.6 is 0 Å². The predicted octanol–water partition coefficient (Wildman–Crippen LogP) is 1.09. The van der Waals surface area contributed by atoms with Crippen molar-refractivity contribution in [1.82, 2.24) is 19.6 Å². The number of aryl methyl sites for hydroxylation is 4. The number of nitrogens with two attached hydrogens (primary N) is 1. The average molecular weight is 233 g/mol. The van der Waals surface area contributed by atoms with Crippen molar-refractivity contribution in [3.63, 3.8) is 0 Å². The van der Waals surface area contributed by atoms with Gasteiger partial charge in [0.05, 0.1) is 11.9 Å². The lowest BCUT2D eigenvalue weighted by atomic mass is 10.0. The van der Waals surface area contributed by atoms with Gasteiger partial charge in [-0.15, -0.1) is 0 Å². The molecule has 2 N–H and O–H groups in total. The van der Waals surface area contributed by atoms with Crippen LogP contribution in [0.1, 0.15) is 29.3 Å². The molecule has 0 spiro atoms. The monoisotopic (exact) mass is 233 g/mol. The summed E-state index contributed by atoms with van der Waals surface area (Å²) in [6.07, 6.45) is 7.79. The molecule has 0 amide bonds. The molecule has 0 aliphatic rings. The first-order valence-electron chi connectivity index (χ1n) is 5.79. The lowest BCUT2D eigenvalue weighted by Gasteiger charge is -2.09. The average Bonchev–Trinajstić information content (AvgIpc) is 2.81. The molecule has 0 saturated heterocycles. The zero-order valence-corrected chi connectivity index (χ0v) is 10.6. The number of hydrogen-bond donors (Lipinski definition) is 1. The second-order valence-corrected chi connectivity index (χ2v) is 4.51. The molecule has 2 aromatic heterocycles. The first kappa shape index (κ1) is 11.9. The second-order valence-electron chi connectivity index (χ2n) is 4.51. The number of hydrogen-bond acceptors (Lipinski definition) is 3. The fourth-order valence-corrected chi connectivity index (χ4v) is 2.06. The van der Waals surface area contributed by atoms with Gasteiger partial charge in [-0.3, -0.25) is 9.36 Å². The Labute approximate surface area is 101 Å². The molecule has 1 unspecified atom stereocenters. The van der Waals surface area contributed by atoms with Gasteiger partial charge in [0, 0.05) is 38.1 Å². The van der Waals surface area contributed by atoms with E-state index in [9.17, 15) is 0 Å². The number of rotatable bonds is 4. The highest BCUT2D eigenvalue weighted by atomic mass is 15.3. The smallest absolute Gasteiger partial charge is 0.0641 e. The van der Waals surface area contributed by atoms with Crippen molar-refractivity contribution in [1.29, 1.82) is 0 Å². The van der Waals surface area contributed by atoms with Crippen LogP contribution in [-0.4, -0.2) is 19.6 Å². The summed E-state index contributed by atoms with van der Waals surface area (Å²) >= 11 is 0. The lowest BCUT2D eigenvalue weighted by Crippen LogP contribution is -2.11. The van der Waals surface area contributed by atoms with E-state index in [2.05, 4.69) is 10.2 Å². The van der Waals surface area contributed by atoms with Crippen molar-refractivity contribution in [2.24, 2.45) is 19.8 Å². The third-order valence-electron chi connectivity index (χ3n) is 2.95. The van der Waals surface area contributed by atoms with Crippen LogP contribution in [0.25, 0.3) is 0 Å². The van der Waals surface area contributed by atoms with Gasteiger partial charge in [0.15, 0.2) is 0 Å². The Morgan fingerprint density at radius 3 is 2.59 bits per heavy atom. The van der Waals surface area contributed by atoms with Gasteiger partial charge in [0.25, 0.3) is 0 Å². The van der Waals surface area contributed by atoms with E-state index in [0.29, 0.717) is 0 Å². The number of nitrogens with zero attached hydrogens (tertiary/aromatic N) is 4. The fourth-order valence-electron chi connectivity index (χ4n) is 2.06. The van der Waals surface area contributed by atoms with Gasteiger partial charge in [-0.05, 0) is 25.3 Å². The Kier molecular flexibility index (Phi) is 3.28. The molecule has 2 aromatic rings. The molecule has 5 nitrogen and oxygen atoms in total. The van der Waals surface area contributed by atoms with E-state index in [0.717, 1.165) is 24.1 Å². The molecule has 2 rings (SSSR count). The Bertz CT molecular complexity index is 497. The molecule has 2 heterocycles. The SMILES string of the molecule is Cc1nn(C)cc1C(N)CCc1cnn(C)c1. The molecule has 92 valence electrons. The summed E-state index contributed by atoms with van der Waals surface area (Å²) in [7, 11) is 3.85. The third kappa shape index (κ3) is 2.74. The summed E-state index contributed by atoms with van der Waals surface area (Å²) in [5.74, 6) is 0. The van der Waals surface area contributed by atoms with Crippen molar-refractivity contribution in [3.05, 3.63) is 35.4 Å². The van der Waals surface area contributed by atoms with E-state index < -0.39 is 0 Å². The predicted molar refractivity (Wildman–Crippen MR) is 66.4 cm³/mol. The molecule has 1 atom stereocenters. The highest BCUT2D eigenvalue weighted by Crippen LogP contribution is 2.18. The van der Waals surface area contributed by atoms with E-state index in [4.69, 9.17) is 5.73 Å². The lowest BCUT2D eigenvalue weighted by molar-refractivity contribution is 0.647. The van der Waals surface area contributed by atoms with Gasteiger partial charge in [-0.1, -0.05) is 0 Å². The zero-order valence-electron chi connectivity index (χ0n) is 10.6. The van der Waals surface area contributed by atoms with E-state index in [1.54, 1.807) is 0 Å². The standard InChI is InChI=1S/C12H19N5/c1-9-11(8-17(3)15-9)12(13)5-4-10-6-14-16(2)7-10/h6-8,12H,4-5,13H2,1-3H3. The van der Waals surface area contributed by atoms with Crippen LogP contribution in [-0.2, 0) is 20.5 Å². The molecule has 5 heteroatoms. The molecule has 0 radical (unpaired) electrons. The number of aromatic nitrogens is 4. The van der Waals surface area contributed by atoms with Gasteiger partial charge < -0.3 is 5.73 Å². The first-order valence-corrected chi connectivity index (χ1v) is 5.79. The minimum absolute atomic E-state index is 0.0453. The van der Waals surface area contributed by atoms with Crippen LogP contribution in [0, 0.1) is 6.92 Å². The van der Waals surface area contributed by atoms with Gasteiger partial charge >= 0.3 is 0 Å². The van der Waals surface area contributed by atoms with Crippen LogP contribution in [0.3, 0.4) is 0 Å². The molecule has 0 fully saturated rings. The van der Waals surface area contributed by atoms with E-state index in [1.165, 1.54) is 5.56 Å². The van der Waals surface area contributed by atoms with Crippen molar-refractivity contribution in [3.8, 4) is 0 Å². The topological polar surface area (TPSA) is 61.7 Å². The molecule has 0 bridgehead atoms. The summed E-state index contributed by atoms with van der Waals surface area (Å²) in [4.78, 5) is 0. The summed E-state index contributed by atoms with van der Waals surface area (Å²) in [6.45, 7) is 2.00. The van der Waals surface area contributed by atoms with Gasteiger partial charge in [0.2, 0.25) is 0 Å². The van der Waals surface area contributed by atoms with Crippen molar-refractivity contribution in [2.75, 3.05) is 0 Å². The Balaban J connectivity index is 1.97. The Hall–Kier alpha value is -1.62. The Morgan fingerprint density at radius 2 is 2.06 bits per heavy atom. The zero-order chi connectivity index (χ0) is 12.4. The highest BCUT2D eigenvalue weighted by Gasteiger charge is 2.12. The molecular formula is C12H19N5. The van der Waals surface area contributed by atoms with E-state index >= 15 is 0 Å². The van der Waals surface area contributed by atoms with Crippen LogP contribution in [0.5, 0.6) is 0 Å². The molecule has 17 heavy (non-hydrogen) atoms. The Morgan fingerprint density at radius 1 is 1.29 bits per heavy atom. The summed E-state index contributed by atoms with van der Waals surface area (Å²) in [6, 6.07) is 0.0453. The van der Waals surface area contributed by atoms with Crippen LogP contribution in [0.4, 0.5) is 0 Å². The summed E-state index contributed by atoms with van der Waals surface area (Å²) < 4.78 is 3.63. The highest BCUT2D eigenvalue weighted by molar-refractivity contribution is 5.20. The van der Waals surface area contributed by atoms with E-state index in [-0.39, 0.29) is 6.04 Å². The van der Waals surface area contributed by atoms with Crippen molar-refractivity contribution >= 4 is 0 Å². The van der Waals surface area contributed by atoms with Gasteiger partial charge in [0.1, 0.15) is 0 Å². The second kappa shape index (κ2) is 4.71. The summed E-state index contributed by atoms with van der Waals surface area (Å²) in [5, 5.41) is 8.46. The first-order chi connectivity index (χ1) is 8.06. The summed E-state index contributed by atoms with van der Waals surface area (Å²) in [5.41, 5.74) is 9.56. The van der Waals surface area contributed by atoms with Crippen LogP contribution < -0.4 is 5.73 Å². The maximum atomic E-state index is 6.18. The molecular weight excluding hydrogens is 214 g/mol. The van der Waals surface area contributed by atoms with Crippen molar-refractivity contribution in [2.45, 2.75) is 25.8 Å². The minimum atomic E-state index is 0.0453. The molecule has 0 aliphatic carbocycles. The quantitative estimate of drug-likeness (QED) is 0.860. The molecule has 0 aliphatic heterocycles. The van der Waals surface area contributed by atoms with Crippen molar-refractivity contribution < 1.29 is 0 Å². The van der Waals surface area contributed by atoms with E-state index in [1.807, 2.05) is 49.0 Å². The maximum absolute atomic E-state index is 6.18. The molecule has 0 saturated carbocycles. The van der Waals surface area contributed by atoms with Crippen LogP contribution in [0.2, 0.25) is 0 Å².